The van der Waals surface area contributed by atoms with Crippen molar-refractivity contribution in [1.29, 1.82) is 0 Å². The Balaban J connectivity index is 2.57. The lowest BCUT2D eigenvalue weighted by Crippen LogP contribution is -2.06. The van der Waals surface area contributed by atoms with E-state index in [1.54, 1.807) is 0 Å². The minimum Gasteiger partial charge on any atom is -0.291 e. The molecule has 5 heteroatoms. The van der Waals surface area contributed by atoms with E-state index < -0.39 is 0 Å². The molecule has 0 atom stereocenters. The van der Waals surface area contributed by atoms with Gasteiger partial charge in [0.15, 0.2) is 0 Å². The molecule has 0 unspecified atom stereocenters. The fraction of sp³-hybridized carbons (Fsp3) is 0.286. The Labute approximate surface area is 79.5 Å². The lowest BCUT2D eigenvalue weighted by Gasteiger charge is -2.09. The summed E-state index contributed by atoms with van der Waals surface area (Å²) in [6, 6.07) is 0. The number of nitrogens with zero attached hydrogens (tertiary/aromatic N) is 3. The molecule has 0 aromatic carbocycles. The van der Waals surface area contributed by atoms with Crippen LogP contribution in [0.5, 0.6) is 0 Å². The van der Waals surface area contributed by atoms with Crippen molar-refractivity contribution >= 4 is 29.4 Å². The van der Waals surface area contributed by atoms with Gasteiger partial charge in [-0.05, 0) is 11.6 Å². The fourth-order valence-corrected chi connectivity index (χ4v) is 1.61. The smallest absolute Gasteiger partial charge is 0.224 e. The summed E-state index contributed by atoms with van der Waals surface area (Å²) in [5, 5.41) is 0.631. The molecule has 0 fully saturated rings. The molecule has 1 aliphatic heterocycles. The average Bonchev–Trinajstić information content (AvgIpc) is 2.04. The quantitative estimate of drug-likeness (QED) is 0.476. The summed E-state index contributed by atoms with van der Waals surface area (Å²) in [5.74, 6) is 0. The average molecular weight is 202 g/mol. The second kappa shape index (κ2) is 2.99. The van der Waals surface area contributed by atoms with E-state index in [0.717, 1.165) is 11.3 Å². The first-order valence-electron chi connectivity index (χ1n) is 3.46. The maximum absolute atomic E-state index is 5.85. The van der Waals surface area contributed by atoms with Crippen LogP contribution in [0.3, 0.4) is 0 Å². The Morgan fingerprint density at radius 1 is 1.25 bits per heavy atom. The predicted octanol–water partition coefficient (Wildman–Crippen LogP) is 1.91. The second-order valence-corrected chi connectivity index (χ2v) is 3.13. The number of hydrogen-bond donors (Lipinski definition) is 0. The Bertz CT molecular complexity index is 349. The van der Waals surface area contributed by atoms with Crippen LogP contribution in [0.25, 0.3) is 0 Å². The van der Waals surface area contributed by atoms with E-state index in [0.29, 0.717) is 18.1 Å². The minimum atomic E-state index is 0.191. The topological polar surface area (TPSA) is 38.1 Å². The summed E-state index contributed by atoms with van der Waals surface area (Å²) >= 11 is 11.5. The van der Waals surface area contributed by atoms with Crippen LogP contribution in [0.2, 0.25) is 10.4 Å². The highest BCUT2D eigenvalue weighted by atomic mass is 35.5. The first-order chi connectivity index (χ1) is 5.77. The van der Waals surface area contributed by atoms with Crippen molar-refractivity contribution in [2.45, 2.75) is 13.0 Å². The fourth-order valence-electron chi connectivity index (χ4n) is 1.11. The van der Waals surface area contributed by atoms with Gasteiger partial charge in [-0.15, -0.1) is 0 Å². The molecule has 0 spiro atoms. The second-order valence-electron chi connectivity index (χ2n) is 2.44. The molecule has 0 saturated heterocycles. The third kappa shape index (κ3) is 1.30. The van der Waals surface area contributed by atoms with Gasteiger partial charge in [0.1, 0.15) is 5.15 Å². The molecule has 0 saturated carbocycles. The van der Waals surface area contributed by atoms with Gasteiger partial charge in [0, 0.05) is 18.2 Å². The SMILES string of the molecule is Clc1nc(Cl)c2c(n1)CN=CC2. The highest BCUT2D eigenvalue weighted by Gasteiger charge is 2.13. The van der Waals surface area contributed by atoms with Crippen molar-refractivity contribution in [3.05, 3.63) is 21.7 Å². The zero-order valence-corrected chi connectivity index (χ0v) is 7.60. The molecule has 1 aromatic heterocycles. The molecule has 0 aliphatic carbocycles. The van der Waals surface area contributed by atoms with E-state index in [9.17, 15) is 0 Å². The van der Waals surface area contributed by atoms with Crippen LogP contribution in [-0.2, 0) is 13.0 Å². The normalized spacial score (nSPS) is 14.5. The van der Waals surface area contributed by atoms with Crippen molar-refractivity contribution in [3.63, 3.8) is 0 Å². The van der Waals surface area contributed by atoms with Crippen molar-refractivity contribution < 1.29 is 0 Å². The van der Waals surface area contributed by atoms with Gasteiger partial charge in [-0.25, -0.2) is 9.97 Å². The molecule has 1 aliphatic rings. The van der Waals surface area contributed by atoms with Gasteiger partial charge < -0.3 is 0 Å². The van der Waals surface area contributed by atoms with Gasteiger partial charge in [0.25, 0.3) is 0 Å². The summed E-state index contributed by atoms with van der Waals surface area (Å²) in [6.45, 7) is 0.553. The van der Waals surface area contributed by atoms with E-state index in [2.05, 4.69) is 15.0 Å². The third-order valence-electron chi connectivity index (χ3n) is 1.68. The van der Waals surface area contributed by atoms with E-state index in [1.807, 2.05) is 6.21 Å². The zero-order valence-electron chi connectivity index (χ0n) is 6.09. The number of fused-ring (bicyclic) bond motifs is 1. The molecule has 0 radical (unpaired) electrons. The maximum atomic E-state index is 5.85. The highest BCUT2D eigenvalue weighted by molar-refractivity contribution is 6.32. The summed E-state index contributed by atoms with van der Waals surface area (Å²) in [4.78, 5) is 11.9. The number of hydrogen-bond acceptors (Lipinski definition) is 3. The molecular formula is C7H5Cl2N3. The van der Waals surface area contributed by atoms with Crippen LogP contribution >= 0.6 is 23.2 Å². The van der Waals surface area contributed by atoms with Gasteiger partial charge in [0.05, 0.1) is 12.2 Å². The summed E-state index contributed by atoms with van der Waals surface area (Å²) in [7, 11) is 0. The highest BCUT2D eigenvalue weighted by Crippen LogP contribution is 2.21. The monoisotopic (exact) mass is 201 g/mol. The molecule has 12 heavy (non-hydrogen) atoms. The van der Waals surface area contributed by atoms with Crippen molar-refractivity contribution in [1.82, 2.24) is 9.97 Å². The molecule has 62 valence electrons. The molecule has 2 rings (SSSR count). The van der Waals surface area contributed by atoms with Crippen LogP contribution in [-0.4, -0.2) is 16.2 Å². The van der Waals surface area contributed by atoms with Crippen LogP contribution in [0, 0.1) is 0 Å². The molecule has 0 amide bonds. The Hall–Kier alpha value is -0.670. The Morgan fingerprint density at radius 2 is 2.08 bits per heavy atom. The van der Waals surface area contributed by atoms with E-state index in [4.69, 9.17) is 23.2 Å². The Kier molecular flexibility index (Phi) is 1.98. The van der Waals surface area contributed by atoms with Crippen LogP contribution in [0.15, 0.2) is 4.99 Å². The maximum Gasteiger partial charge on any atom is 0.224 e. The van der Waals surface area contributed by atoms with Gasteiger partial charge in [-0.2, -0.15) is 0 Å². The van der Waals surface area contributed by atoms with Crippen molar-refractivity contribution in [2.24, 2.45) is 4.99 Å². The summed E-state index contributed by atoms with van der Waals surface area (Å²) in [5.41, 5.74) is 1.78. The minimum absolute atomic E-state index is 0.191. The standard InChI is InChI=1S/C7H5Cl2N3/c8-6-4-1-2-10-3-5(4)11-7(9)12-6/h2H,1,3H2. The molecule has 1 aromatic rings. The first-order valence-corrected chi connectivity index (χ1v) is 4.22. The molecule has 0 bridgehead atoms. The number of aliphatic imine (C=N–C) groups is 1. The van der Waals surface area contributed by atoms with Crippen molar-refractivity contribution in [2.75, 3.05) is 0 Å². The van der Waals surface area contributed by atoms with E-state index in [1.165, 1.54) is 0 Å². The number of halogens is 2. The molecule has 0 N–H and O–H groups in total. The van der Waals surface area contributed by atoms with Crippen LogP contribution in [0.1, 0.15) is 11.3 Å². The van der Waals surface area contributed by atoms with Gasteiger partial charge >= 0.3 is 0 Å². The third-order valence-corrected chi connectivity index (χ3v) is 2.16. The first kappa shape index (κ1) is 7.95. The summed E-state index contributed by atoms with van der Waals surface area (Å²) in [6.07, 6.45) is 2.51. The predicted molar refractivity (Wildman–Crippen MR) is 48.0 cm³/mol. The van der Waals surface area contributed by atoms with Crippen LogP contribution in [0.4, 0.5) is 0 Å². The number of aromatic nitrogens is 2. The van der Waals surface area contributed by atoms with E-state index >= 15 is 0 Å². The molecular weight excluding hydrogens is 197 g/mol. The summed E-state index contributed by atoms with van der Waals surface area (Å²) < 4.78 is 0. The zero-order chi connectivity index (χ0) is 8.55. The van der Waals surface area contributed by atoms with E-state index in [-0.39, 0.29) is 5.28 Å². The van der Waals surface area contributed by atoms with Gasteiger partial charge in [-0.3, -0.25) is 4.99 Å². The lowest BCUT2D eigenvalue weighted by atomic mass is 10.1. The largest absolute Gasteiger partial charge is 0.291 e. The van der Waals surface area contributed by atoms with Crippen LogP contribution < -0.4 is 0 Å². The molecule has 3 nitrogen and oxygen atoms in total. The Morgan fingerprint density at radius 3 is 2.92 bits per heavy atom. The van der Waals surface area contributed by atoms with Gasteiger partial charge in [0.2, 0.25) is 5.28 Å². The molecule has 2 heterocycles. The van der Waals surface area contributed by atoms with Crippen molar-refractivity contribution in [3.8, 4) is 0 Å². The lowest BCUT2D eigenvalue weighted by molar-refractivity contribution is 0.909. The van der Waals surface area contributed by atoms with Gasteiger partial charge in [-0.1, -0.05) is 11.6 Å². The number of rotatable bonds is 0.